The number of rotatable bonds is 9. The Morgan fingerprint density at radius 2 is 1.96 bits per heavy atom. The van der Waals surface area contributed by atoms with Gasteiger partial charge in [0.2, 0.25) is 0 Å². The number of H-pyrrole nitrogens is 1. The fourth-order valence-electron chi connectivity index (χ4n) is 2.27. The van der Waals surface area contributed by atoms with Crippen LogP contribution in [0.3, 0.4) is 0 Å². The van der Waals surface area contributed by atoms with Gasteiger partial charge in [0.25, 0.3) is 0 Å². The van der Waals surface area contributed by atoms with E-state index in [9.17, 15) is 0 Å². The predicted molar refractivity (Wildman–Crippen MR) is 85.6 cm³/mol. The molecule has 0 radical (unpaired) electrons. The summed E-state index contributed by atoms with van der Waals surface area (Å²) < 4.78 is 13.2. The molecule has 0 atom stereocenters. The molecule has 2 heterocycles. The van der Waals surface area contributed by atoms with E-state index < -0.39 is 0 Å². The van der Waals surface area contributed by atoms with Crippen LogP contribution in [0.1, 0.15) is 12.8 Å². The quantitative estimate of drug-likeness (QED) is 0.576. The molecule has 0 aliphatic rings. The number of ether oxygens (including phenoxy) is 2. The molecule has 0 fully saturated rings. The molecule has 23 heavy (non-hydrogen) atoms. The van der Waals surface area contributed by atoms with E-state index in [2.05, 4.69) is 20.4 Å². The van der Waals surface area contributed by atoms with Gasteiger partial charge in [0.15, 0.2) is 0 Å². The summed E-state index contributed by atoms with van der Waals surface area (Å²) in [5.74, 6) is 0.755. The third-order valence-corrected chi connectivity index (χ3v) is 3.45. The number of hydrogen-bond donors (Lipinski definition) is 2. The second-order valence-corrected chi connectivity index (χ2v) is 5.10. The van der Waals surface area contributed by atoms with Crippen molar-refractivity contribution in [1.82, 2.24) is 25.0 Å². The molecule has 0 aliphatic carbocycles. The van der Waals surface area contributed by atoms with Crippen LogP contribution in [0, 0.1) is 0 Å². The van der Waals surface area contributed by atoms with Crippen LogP contribution in [0.15, 0.2) is 31.0 Å². The molecule has 122 valence electrons. The van der Waals surface area contributed by atoms with Crippen LogP contribution in [-0.2, 0) is 4.74 Å². The molecule has 3 rings (SSSR count). The van der Waals surface area contributed by atoms with Crippen molar-refractivity contribution in [1.29, 1.82) is 0 Å². The maximum Gasteiger partial charge on any atom is 0.132 e. The van der Waals surface area contributed by atoms with E-state index in [0.29, 0.717) is 26.4 Å². The summed E-state index contributed by atoms with van der Waals surface area (Å²) in [7, 11) is 0. The Morgan fingerprint density at radius 1 is 1.09 bits per heavy atom. The smallest absolute Gasteiger partial charge is 0.132 e. The van der Waals surface area contributed by atoms with Gasteiger partial charge in [-0.15, -0.1) is 10.2 Å². The molecule has 0 aliphatic heterocycles. The average molecular weight is 316 g/mol. The SMILES string of the molecule is NCCCCOCCOc1cc(-n2cnnc2)cc2[nH]ncc12. The molecule has 0 unspecified atom stereocenters. The summed E-state index contributed by atoms with van der Waals surface area (Å²) in [6.45, 7) is 2.44. The zero-order valence-corrected chi connectivity index (χ0v) is 12.8. The number of aromatic amines is 1. The second kappa shape index (κ2) is 7.70. The van der Waals surface area contributed by atoms with Crippen molar-refractivity contribution in [2.45, 2.75) is 12.8 Å². The fraction of sp³-hybridized carbons (Fsp3) is 0.400. The van der Waals surface area contributed by atoms with E-state index >= 15 is 0 Å². The Hall–Kier alpha value is -2.45. The molecule has 0 bridgehead atoms. The summed E-state index contributed by atoms with van der Waals surface area (Å²) in [4.78, 5) is 0. The van der Waals surface area contributed by atoms with E-state index in [1.54, 1.807) is 18.9 Å². The first kappa shape index (κ1) is 15.4. The number of nitrogens with one attached hydrogen (secondary N) is 1. The lowest BCUT2D eigenvalue weighted by atomic mass is 10.2. The van der Waals surface area contributed by atoms with Crippen molar-refractivity contribution < 1.29 is 9.47 Å². The first-order valence-corrected chi connectivity index (χ1v) is 7.61. The standard InChI is InChI=1S/C15H20N6O2/c16-3-1-2-4-22-5-6-23-15-8-12(21-10-18-19-11-21)7-14-13(15)9-17-20-14/h7-11H,1-6,16H2,(H,17,20). The normalized spacial score (nSPS) is 11.2. The van der Waals surface area contributed by atoms with Crippen LogP contribution in [0.25, 0.3) is 16.6 Å². The zero-order chi connectivity index (χ0) is 15.9. The molecule has 2 aromatic heterocycles. The molecule has 0 amide bonds. The van der Waals surface area contributed by atoms with Gasteiger partial charge < -0.3 is 15.2 Å². The van der Waals surface area contributed by atoms with Gasteiger partial charge in [-0.2, -0.15) is 5.10 Å². The molecular weight excluding hydrogens is 296 g/mol. The summed E-state index contributed by atoms with van der Waals surface area (Å²) >= 11 is 0. The third kappa shape index (κ3) is 3.85. The van der Waals surface area contributed by atoms with Gasteiger partial charge in [0.05, 0.1) is 29.4 Å². The van der Waals surface area contributed by atoms with E-state index in [1.807, 2.05) is 16.7 Å². The molecule has 0 spiro atoms. The number of nitrogens with two attached hydrogens (primary N) is 1. The Bertz CT molecular complexity index is 725. The highest BCUT2D eigenvalue weighted by Crippen LogP contribution is 2.27. The van der Waals surface area contributed by atoms with E-state index in [-0.39, 0.29) is 0 Å². The maximum atomic E-state index is 5.86. The third-order valence-electron chi connectivity index (χ3n) is 3.45. The molecule has 3 N–H and O–H groups in total. The topological polar surface area (TPSA) is 104 Å². The molecule has 1 aromatic carbocycles. The highest BCUT2D eigenvalue weighted by Gasteiger charge is 2.08. The molecule has 8 heteroatoms. The number of fused-ring (bicyclic) bond motifs is 1. The van der Waals surface area contributed by atoms with Crippen LogP contribution < -0.4 is 10.5 Å². The van der Waals surface area contributed by atoms with Crippen molar-refractivity contribution in [2.75, 3.05) is 26.4 Å². The number of unbranched alkanes of at least 4 members (excludes halogenated alkanes) is 1. The van der Waals surface area contributed by atoms with Crippen molar-refractivity contribution in [2.24, 2.45) is 5.73 Å². The number of nitrogens with zero attached hydrogens (tertiary/aromatic N) is 4. The van der Waals surface area contributed by atoms with Gasteiger partial charge in [-0.3, -0.25) is 9.67 Å². The van der Waals surface area contributed by atoms with Crippen LogP contribution in [-0.4, -0.2) is 51.3 Å². The first-order valence-electron chi connectivity index (χ1n) is 7.61. The van der Waals surface area contributed by atoms with Crippen molar-refractivity contribution in [3.05, 3.63) is 31.0 Å². The van der Waals surface area contributed by atoms with E-state index in [0.717, 1.165) is 35.2 Å². The van der Waals surface area contributed by atoms with Crippen molar-refractivity contribution >= 4 is 10.9 Å². The monoisotopic (exact) mass is 316 g/mol. The van der Waals surface area contributed by atoms with Gasteiger partial charge in [-0.1, -0.05) is 0 Å². The molecular formula is C15H20N6O2. The van der Waals surface area contributed by atoms with Gasteiger partial charge in [-0.05, 0) is 25.5 Å². The Labute approximate surface area is 133 Å². The largest absolute Gasteiger partial charge is 0.490 e. The zero-order valence-electron chi connectivity index (χ0n) is 12.8. The van der Waals surface area contributed by atoms with E-state index in [1.165, 1.54) is 0 Å². The van der Waals surface area contributed by atoms with Crippen LogP contribution in [0.2, 0.25) is 0 Å². The minimum Gasteiger partial charge on any atom is -0.490 e. The summed E-state index contributed by atoms with van der Waals surface area (Å²) in [6, 6.07) is 3.91. The molecule has 3 aromatic rings. The molecule has 0 saturated heterocycles. The first-order chi connectivity index (χ1) is 11.4. The van der Waals surface area contributed by atoms with Crippen LogP contribution in [0.5, 0.6) is 5.75 Å². The van der Waals surface area contributed by atoms with Crippen molar-refractivity contribution in [3.8, 4) is 11.4 Å². The molecule has 8 nitrogen and oxygen atoms in total. The lowest BCUT2D eigenvalue weighted by Gasteiger charge is -2.10. The lowest BCUT2D eigenvalue weighted by Crippen LogP contribution is -2.09. The Morgan fingerprint density at radius 3 is 2.78 bits per heavy atom. The second-order valence-electron chi connectivity index (χ2n) is 5.10. The number of aromatic nitrogens is 5. The van der Waals surface area contributed by atoms with E-state index in [4.69, 9.17) is 15.2 Å². The van der Waals surface area contributed by atoms with Crippen molar-refractivity contribution in [3.63, 3.8) is 0 Å². The van der Waals surface area contributed by atoms with Crippen LogP contribution >= 0.6 is 0 Å². The predicted octanol–water partition coefficient (Wildman–Crippen LogP) is 1.28. The molecule has 0 saturated carbocycles. The maximum absolute atomic E-state index is 5.86. The lowest BCUT2D eigenvalue weighted by molar-refractivity contribution is 0.0982. The van der Waals surface area contributed by atoms with Gasteiger partial charge in [-0.25, -0.2) is 0 Å². The highest BCUT2D eigenvalue weighted by molar-refractivity contribution is 5.86. The minimum atomic E-state index is 0.481. The minimum absolute atomic E-state index is 0.481. The van der Waals surface area contributed by atoms with Crippen LogP contribution in [0.4, 0.5) is 0 Å². The van der Waals surface area contributed by atoms with Gasteiger partial charge in [0.1, 0.15) is 25.0 Å². The summed E-state index contributed by atoms with van der Waals surface area (Å²) in [6.07, 6.45) is 7.00. The average Bonchev–Trinajstić information content (AvgIpc) is 3.24. The fourth-order valence-corrected chi connectivity index (χ4v) is 2.27. The highest BCUT2D eigenvalue weighted by atomic mass is 16.5. The summed E-state index contributed by atoms with van der Waals surface area (Å²) in [5, 5.41) is 15.6. The van der Waals surface area contributed by atoms with Gasteiger partial charge in [0, 0.05) is 12.7 Å². The Kier molecular flexibility index (Phi) is 5.17. The number of hydrogen-bond acceptors (Lipinski definition) is 6. The summed E-state index contributed by atoms with van der Waals surface area (Å²) in [5.41, 5.74) is 7.25. The Balaban J connectivity index is 1.64. The number of benzene rings is 1. The van der Waals surface area contributed by atoms with Gasteiger partial charge >= 0.3 is 0 Å².